The second-order valence-corrected chi connectivity index (χ2v) is 6.17. The molecule has 0 aromatic rings. The highest BCUT2D eigenvalue weighted by atomic mass is 14.3. The largest absolute Gasteiger partial charge is 0.0622 e. The fourth-order valence-corrected chi connectivity index (χ4v) is 2.38. The summed E-state index contributed by atoms with van der Waals surface area (Å²) in [6.45, 7) is 12.0. The Balaban J connectivity index is 2.40. The van der Waals surface area contributed by atoms with E-state index in [9.17, 15) is 0 Å². The van der Waals surface area contributed by atoms with Crippen LogP contribution in [-0.4, -0.2) is 0 Å². The zero-order valence-electron chi connectivity index (χ0n) is 10.1. The van der Waals surface area contributed by atoms with Crippen LogP contribution in [0, 0.1) is 23.2 Å². The van der Waals surface area contributed by atoms with Gasteiger partial charge in [0.15, 0.2) is 0 Å². The fraction of sp³-hybridized carbons (Fsp3) is 1.00. The van der Waals surface area contributed by atoms with E-state index in [1.807, 2.05) is 0 Å². The Hall–Kier alpha value is 0. The van der Waals surface area contributed by atoms with Crippen molar-refractivity contribution in [2.75, 3.05) is 0 Å². The maximum absolute atomic E-state index is 2.44. The van der Waals surface area contributed by atoms with Crippen LogP contribution in [0.1, 0.15) is 60.3 Å². The molecule has 1 aliphatic rings. The van der Waals surface area contributed by atoms with E-state index in [1.54, 1.807) is 0 Å². The lowest BCUT2D eigenvalue weighted by Crippen LogP contribution is -2.21. The summed E-state index contributed by atoms with van der Waals surface area (Å²) < 4.78 is 0. The van der Waals surface area contributed by atoms with E-state index in [2.05, 4.69) is 34.6 Å². The van der Waals surface area contributed by atoms with Gasteiger partial charge in [-0.25, -0.2) is 0 Å². The molecule has 0 amide bonds. The predicted molar refractivity (Wildman–Crippen MR) is 59.7 cm³/mol. The summed E-state index contributed by atoms with van der Waals surface area (Å²) in [4.78, 5) is 0. The topological polar surface area (TPSA) is 0 Å². The molecule has 0 bridgehead atoms. The van der Waals surface area contributed by atoms with Crippen molar-refractivity contribution in [2.24, 2.45) is 23.2 Å². The first kappa shape index (κ1) is 11.1. The molecule has 0 aromatic carbocycles. The van der Waals surface area contributed by atoms with Gasteiger partial charge in [0.2, 0.25) is 0 Å². The predicted octanol–water partition coefficient (Wildman–Crippen LogP) is 4.49. The van der Waals surface area contributed by atoms with Crippen molar-refractivity contribution in [1.29, 1.82) is 0 Å². The maximum atomic E-state index is 2.44. The standard InChI is InChI=1S/C13H26/c1-10-7-6-8-12(10)9-11(2)13(3,4)5/h10-12H,6-9H2,1-5H3. The average molecular weight is 182 g/mol. The minimum Gasteiger partial charge on any atom is -0.0622 e. The third kappa shape index (κ3) is 3.00. The van der Waals surface area contributed by atoms with Crippen molar-refractivity contribution >= 4 is 0 Å². The van der Waals surface area contributed by atoms with Crippen molar-refractivity contribution in [3.05, 3.63) is 0 Å². The monoisotopic (exact) mass is 182 g/mol. The van der Waals surface area contributed by atoms with E-state index < -0.39 is 0 Å². The molecule has 3 atom stereocenters. The SMILES string of the molecule is CC1CCCC1CC(C)C(C)(C)C. The molecule has 1 aliphatic carbocycles. The third-order valence-corrected chi connectivity index (χ3v) is 4.17. The lowest BCUT2D eigenvalue weighted by molar-refractivity contribution is 0.198. The van der Waals surface area contributed by atoms with Crippen LogP contribution in [0.3, 0.4) is 0 Å². The van der Waals surface area contributed by atoms with Crippen molar-refractivity contribution in [1.82, 2.24) is 0 Å². The van der Waals surface area contributed by atoms with Crippen LogP contribution in [-0.2, 0) is 0 Å². The van der Waals surface area contributed by atoms with Gasteiger partial charge in [0, 0.05) is 0 Å². The van der Waals surface area contributed by atoms with Gasteiger partial charge < -0.3 is 0 Å². The molecule has 1 fully saturated rings. The van der Waals surface area contributed by atoms with Crippen LogP contribution in [0.15, 0.2) is 0 Å². The van der Waals surface area contributed by atoms with Crippen LogP contribution >= 0.6 is 0 Å². The molecule has 0 N–H and O–H groups in total. The van der Waals surface area contributed by atoms with Gasteiger partial charge in [0.25, 0.3) is 0 Å². The van der Waals surface area contributed by atoms with Crippen LogP contribution < -0.4 is 0 Å². The Morgan fingerprint density at radius 3 is 2.23 bits per heavy atom. The Bertz CT molecular complexity index is 152. The molecule has 78 valence electrons. The molecule has 0 radical (unpaired) electrons. The summed E-state index contributed by atoms with van der Waals surface area (Å²) in [6, 6.07) is 0. The molecular weight excluding hydrogens is 156 g/mol. The van der Waals surface area contributed by atoms with E-state index in [0.29, 0.717) is 5.41 Å². The number of rotatable bonds is 2. The molecule has 0 heterocycles. The van der Waals surface area contributed by atoms with Gasteiger partial charge in [-0.3, -0.25) is 0 Å². The Labute approximate surface area is 84.1 Å². The van der Waals surface area contributed by atoms with Gasteiger partial charge in [-0.05, 0) is 29.6 Å². The van der Waals surface area contributed by atoms with Crippen molar-refractivity contribution < 1.29 is 0 Å². The molecule has 0 heteroatoms. The van der Waals surface area contributed by atoms with Gasteiger partial charge in [0.05, 0.1) is 0 Å². The van der Waals surface area contributed by atoms with E-state index in [1.165, 1.54) is 25.7 Å². The molecule has 0 spiro atoms. The minimum absolute atomic E-state index is 0.502. The molecule has 13 heavy (non-hydrogen) atoms. The zero-order chi connectivity index (χ0) is 10.1. The van der Waals surface area contributed by atoms with E-state index in [-0.39, 0.29) is 0 Å². The van der Waals surface area contributed by atoms with Crippen molar-refractivity contribution in [3.63, 3.8) is 0 Å². The Kier molecular flexibility index (Phi) is 3.43. The second-order valence-electron chi connectivity index (χ2n) is 6.17. The lowest BCUT2D eigenvalue weighted by atomic mass is 9.75. The lowest BCUT2D eigenvalue weighted by Gasteiger charge is -2.30. The first-order valence-electron chi connectivity index (χ1n) is 5.91. The van der Waals surface area contributed by atoms with Crippen LogP contribution in [0.5, 0.6) is 0 Å². The molecule has 0 aliphatic heterocycles. The summed E-state index contributed by atoms with van der Waals surface area (Å²) >= 11 is 0. The second kappa shape index (κ2) is 4.02. The molecule has 0 saturated heterocycles. The molecule has 0 aromatic heterocycles. The number of hydrogen-bond donors (Lipinski definition) is 0. The summed E-state index contributed by atoms with van der Waals surface area (Å²) in [5, 5.41) is 0. The van der Waals surface area contributed by atoms with Crippen LogP contribution in [0.25, 0.3) is 0 Å². The zero-order valence-corrected chi connectivity index (χ0v) is 10.1. The van der Waals surface area contributed by atoms with Gasteiger partial charge in [-0.1, -0.05) is 53.9 Å². The summed E-state index contributed by atoms with van der Waals surface area (Å²) in [7, 11) is 0. The van der Waals surface area contributed by atoms with Gasteiger partial charge in [-0.15, -0.1) is 0 Å². The Morgan fingerprint density at radius 1 is 1.23 bits per heavy atom. The molecular formula is C13H26. The molecule has 3 unspecified atom stereocenters. The number of hydrogen-bond acceptors (Lipinski definition) is 0. The first-order chi connectivity index (χ1) is 5.91. The first-order valence-corrected chi connectivity index (χ1v) is 5.91. The van der Waals surface area contributed by atoms with Crippen molar-refractivity contribution in [3.8, 4) is 0 Å². The quantitative estimate of drug-likeness (QED) is 0.590. The fourth-order valence-electron chi connectivity index (χ4n) is 2.38. The van der Waals surface area contributed by atoms with Gasteiger partial charge in [0.1, 0.15) is 0 Å². The smallest absolute Gasteiger partial charge is 0.0357 e. The van der Waals surface area contributed by atoms with Gasteiger partial charge >= 0.3 is 0 Å². The van der Waals surface area contributed by atoms with Crippen LogP contribution in [0.4, 0.5) is 0 Å². The van der Waals surface area contributed by atoms with E-state index >= 15 is 0 Å². The summed E-state index contributed by atoms with van der Waals surface area (Å²) in [5.74, 6) is 2.89. The minimum atomic E-state index is 0.502. The average Bonchev–Trinajstić information content (AvgIpc) is 2.34. The highest BCUT2D eigenvalue weighted by Gasteiger charge is 2.28. The van der Waals surface area contributed by atoms with Crippen LogP contribution in [0.2, 0.25) is 0 Å². The van der Waals surface area contributed by atoms with Gasteiger partial charge in [-0.2, -0.15) is 0 Å². The van der Waals surface area contributed by atoms with Crippen molar-refractivity contribution in [2.45, 2.75) is 60.3 Å². The third-order valence-electron chi connectivity index (χ3n) is 4.17. The molecule has 1 rings (SSSR count). The maximum Gasteiger partial charge on any atom is -0.0357 e. The summed E-state index contributed by atoms with van der Waals surface area (Å²) in [6.07, 6.45) is 5.89. The molecule has 0 nitrogen and oxygen atoms in total. The highest BCUT2D eigenvalue weighted by Crippen LogP contribution is 2.39. The van der Waals surface area contributed by atoms with E-state index in [0.717, 1.165) is 17.8 Å². The van der Waals surface area contributed by atoms with E-state index in [4.69, 9.17) is 0 Å². The highest BCUT2D eigenvalue weighted by molar-refractivity contribution is 4.79. The Morgan fingerprint density at radius 2 is 1.85 bits per heavy atom. The molecule has 1 saturated carbocycles. The summed E-state index contributed by atoms with van der Waals surface area (Å²) in [5.41, 5.74) is 0.502. The normalized spacial score (nSPS) is 32.1.